The zero-order valence-corrected chi connectivity index (χ0v) is 22.0. The molecule has 1 N–H and O–H groups in total. The van der Waals surface area contributed by atoms with Crippen LogP contribution in [0.25, 0.3) is 23.0 Å². The Hall–Kier alpha value is -4.82. The van der Waals surface area contributed by atoms with Gasteiger partial charge in [-0.05, 0) is 55.0 Å². The molecule has 0 unspecified atom stereocenters. The van der Waals surface area contributed by atoms with Gasteiger partial charge in [0.05, 0.1) is 16.3 Å². The number of aromatic nitrogens is 3. The third-order valence-corrected chi connectivity index (χ3v) is 7.92. The van der Waals surface area contributed by atoms with Crippen molar-refractivity contribution in [3.05, 3.63) is 137 Å². The first-order valence-electron chi connectivity index (χ1n) is 12.3. The molecule has 5 aromatic rings. The first-order chi connectivity index (χ1) is 18.9. The summed E-state index contributed by atoms with van der Waals surface area (Å²) >= 11 is 0. The molecule has 0 aliphatic heterocycles. The van der Waals surface area contributed by atoms with Crippen LogP contribution in [0.1, 0.15) is 16.7 Å². The first-order valence-corrected chi connectivity index (χ1v) is 13.8. The SMILES string of the molecule is Cc1ccc(-c2nn(-c3ccccc3)cc2C=C(C(=O)NCc2ccncc2)S(=O)(=O)c2ccccc2)cc1. The lowest BCUT2D eigenvalue weighted by Gasteiger charge is -2.11. The molecule has 5 rings (SSSR count). The number of para-hydroxylation sites is 1. The van der Waals surface area contributed by atoms with Crippen LogP contribution in [-0.4, -0.2) is 29.1 Å². The maximum Gasteiger partial charge on any atom is 0.263 e. The van der Waals surface area contributed by atoms with Crippen LogP contribution in [0.15, 0.2) is 125 Å². The van der Waals surface area contributed by atoms with E-state index in [0.717, 1.165) is 22.4 Å². The predicted octanol–water partition coefficient (Wildman–Crippen LogP) is 5.37. The second-order valence-corrected chi connectivity index (χ2v) is 10.9. The predicted molar refractivity (Wildman–Crippen MR) is 151 cm³/mol. The number of carbonyl (C=O) groups excluding carboxylic acids is 1. The monoisotopic (exact) mass is 534 g/mol. The van der Waals surface area contributed by atoms with Gasteiger partial charge in [-0.3, -0.25) is 9.78 Å². The smallest absolute Gasteiger partial charge is 0.263 e. The molecule has 0 radical (unpaired) electrons. The Morgan fingerprint density at radius 3 is 2.18 bits per heavy atom. The average Bonchev–Trinajstić information content (AvgIpc) is 3.40. The van der Waals surface area contributed by atoms with Gasteiger partial charge in [0.15, 0.2) is 0 Å². The number of carbonyl (C=O) groups is 1. The van der Waals surface area contributed by atoms with E-state index in [-0.39, 0.29) is 16.3 Å². The van der Waals surface area contributed by atoms with E-state index in [9.17, 15) is 13.2 Å². The number of aryl methyl sites for hydroxylation is 1. The van der Waals surface area contributed by atoms with Crippen molar-refractivity contribution in [3.63, 3.8) is 0 Å². The number of sulfone groups is 1. The van der Waals surface area contributed by atoms with Crippen molar-refractivity contribution in [2.24, 2.45) is 0 Å². The summed E-state index contributed by atoms with van der Waals surface area (Å²) in [7, 11) is -4.16. The van der Waals surface area contributed by atoms with Crippen molar-refractivity contribution in [2.75, 3.05) is 0 Å². The highest BCUT2D eigenvalue weighted by Gasteiger charge is 2.28. The van der Waals surface area contributed by atoms with Gasteiger partial charge in [0, 0.05) is 36.3 Å². The van der Waals surface area contributed by atoms with E-state index in [4.69, 9.17) is 5.10 Å². The second-order valence-electron chi connectivity index (χ2n) is 8.94. The van der Waals surface area contributed by atoms with Crippen LogP contribution in [0.3, 0.4) is 0 Å². The van der Waals surface area contributed by atoms with Gasteiger partial charge >= 0.3 is 0 Å². The molecule has 7 nitrogen and oxygen atoms in total. The zero-order chi connectivity index (χ0) is 27.2. The molecule has 0 saturated heterocycles. The molecule has 8 heteroatoms. The molecular weight excluding hydrogens is 508 g/mol. The van der Waals surface area contributed by atoms with E-state index in [2.05, 4.69) is 10.3 Å². The second kappa shape index (κ2) is 11.3. The van der Waals surface area contributed by atoms with Gasteiger partial charge in [-0.15, -0.1) is 0 Å². The van der Waals surface area contributed by atoms with Gasteiger partial charge < -0.3 is 5.32 Å². The van der Waals surface area contributed by atoms with Crippen LogP contribution < -0.4 is 5.32 Å². The molecule has 0 aliphatic carbocycles. The Kier molecular flexibility index (Phi) is 7.47. The molecule has 2 heterocycles. The van der Waals surface area contributed by atoms with E-state index in [0.29, 0.717) is 11.3 Å². The number of nitrogens with zero attached hydrogens (tertiary/aromatic N) is 3. The van der Waals surface area contributed by atoms with Gasteiger partial charge in [0.2, 0.25) is 9.84 Å². The summed E-state index contributed by atoms with van der Waals surface area (Å²) in [5.41, 5.74) is 4.54. The molecule has 1 amide bonds. The summed E-state index contributed by atoms with van der Waals surface area (Å²) in [6.07, 6.45) is 6.38. The molecule has 0 fully saturated rings. The Morgan fingerprint density at radius 1 is 0.872 bits per heavy atom. The van der Waals surface area contributed by atoms with Crippen LogP contribution in [0.5, 0.6) is 0 Å². The summed E-state index contributed by atoms with van der Waals surface area (Å²) in [6.45, 7) is 2.14. The van der Waals surface area contributed by atoms with Gasteiger partial charge in [-0.1, -0.05) is 66.2 Å². The fourth-order valence-electron chi connectivity index (χ4n) is 4.04. The van der Waals surface area contributed by atoms with E-state index < -0.39 is 15.7 Å². The largest absolute Gasteiger partial charge is 0.347 e. The van der Waals surface area contributed by atoms with Crippen LogP contribution in [0, 0.1) is 6.92 Å². The average molecular weight is 535 g/mol. The quantitative estimate of drug-likeness (QED) is 0.270. The minimum atomic E-state index is -4.16. The number of rotatable bonds is 8. The molecular formula is C31H26N4O3S. The Bertz CT molecular complexity index is 1710. The van der Waals surface area contributed by atoms with Crippen LogP contribution in [0.4, 0.5) is 0 Å². The molecule has 0 bridgehead atoms. The molecule has 194 valence electrons. The number of nitrogens with one attached hydrogen (secondary N) is 1. The maximum atomic E-state index is 13.8. The van der Waals surface area contributed by atoms with Crippen molar-refractivity contribution in [1.82, 2.24) is 20.1 Å². The summed E-state index contributed by atoms with van der Waals surface area (Å²) in [6, 6.07) is 28.8. The Labute approximate surface area is 227 Å². The first kappa shape index (κ1) is 25.8. The zero-order valence-electron chi connectivity index (χ0n) is 21.2. The van der Waals surface area contributed by atoms with Crippen LogP contribution >= 0.6 is 0 Å². The molecule has 2 aromatic heterocycles. The number of hydrogen-bond donors (Lipinski definition) is 1. The molecule has 0 saturated carbocycles. The summed E-state index contributed by atoms with van der Waals surface area (Å²) < 4.78 is 29.3. The third kappa shape index (κ3) is 5.86. The minimum Gasteiger partial charge on any atom is -0.347 e. The van der Waals surface area contributed by atoms with Crippen molar-refractivity contribution in [2.45, 2.75) is 18.4 Å². The summed E-state index contributed by atoms with van der Waals surface area (Å²) in [5, 5.41) is 7.54. The lowest BCUT2D eigenvalue weighted by molar-refractivity contribution is -0.116. The minimum absolute atomic E-state index is 0.0302. The van der Waals surface area contributed by atoms with Crippen molar-refractivity contribution >= 4 is 21.8 Å². The van der Waals surface area contributed by atoms with E-state index >= 15 is 0 Å². The maximum absolute atomic E-state index is 13.8. The Balaban J connectivity index is 1.64. The lowest BCUT2D eigenvalue weighted by Crippen LogP contribution is -2.28. The summed E-state index contributed by atoms with van der Waals surface area (Å²) in [5.74, 6) is -0.710. The van der Waals surface area contributed by atoms with Gasteiger partial charge in [0.1, 0.15) is 4.91 Å². The molecule has 0 atom stereocenters. The number of amides is 1. The highest BCUT2D eigenvalue weighted by atomic mass is 32.2. The van der Waals surface area contributed by atoms with Crippen LogP contribution in [-0.2, 0) is 21.2 Å². The van der Waals surface area contributed by atoms with Gasteiger partial charge in [-0.25, -0.2) is 13.1 Å². The molecule has 39 heavy (non-hydrogen) atoms. The standard InChI is InChI=1S/C31H26N4O3S/c1-23-12-14-25(15-13-23)30-26(22-35(34-30)27-8-4-2-5-9-27)20-29(39(37,38)28-10-6-3-7-11-28)31(36)33-21-24-16-18-32-19-17-24/h2-20,22H,21H2,1H3,(H,33,36). The van der Waals surface area contributed by atoms with E-state index in [1.165, 1.54) is 18.2 Å². The number of hydrogen-bond acceptors (Lipinski definition) is 5. The highest BCUT2D eigenvalue weighted by molar-refractivity contribution is 7.96. The van der Waals surface area contributed by atoms with Crippen molar-refractivity contribution < 1.29 is 13.2 Å². The molecule has 0 spiro atoms. The fourth-order valence-corrected chi connectivity index (χ4v) is 5.41. The number of benzene rings is 3. The van der Waals surface area contributed by atoms with Crippen molar-refractivity contribution in [1.29, 1.82) is 0 Å². The highest BCUT2D eigenvalue weighted by Crippen LogP contribution is 2.29. The number of pyridine rings is 1. The lowest BCUT2D eigenvalue weighted by atomic mass is 10.1. The summed E-state index contributed by atoms with van der Waals surface area (Å²) in [4.78, 5) is 17.2. The molecule has 0 aliphatic rings. The van der Waals surface area contributed by atoms with E-state index in [1.807, 2.05) is 61.5 Å². The topological polar surface area (TPSA) is 93.9 Å². The van der Waals surface area contributed by atoms with Crippen LogP contribution in [0.2, 0.25) is 0 Å². The van der Waals surface area contributed by atoms with E-state index in [1.54, 1.807) is 53.6 Å². The fraction of sp³-hybridized carbons (Fsp3) is 0.0645. The molecule has 3 aromatic carbocycles. The normalized spacial score (nSPS) is 11.8. The Morgan fingerprint density at radius 2 is 1.51 bits per heavy atom. The third-order valence-electron chi connectivity index (χ3n) is 6.14. The van der Waals surface area contributed by atoms with Gasteiger partial charge in [0.25, 0.3) is 5.91 Å². The van der Waals surface area contributed by atoms with Gasteiger partial charge in [-0.2, -0.15) is 5.10 Å². The van der Waals surface area contributed by atoms with Crippen molar-refractivity contribution in [3.8, 4) is 16.9 Å².